The highest BCUT2D eigenvalue weighted by molar-refractivity contribution is 8.78. The molecule has 2 N–H and O–H groups in total. The first kappa shape index (κ1) is 25.2. The minimum Gasteiger partial charge on any atom is -0.504 e. The highest BCUT2D eigenvalue weighted by Crippen LogP contribution is 2.65. The van der Waals surface area contributed by atoms with Gasteiger partial charge in [0.15, 0.2) is 27.9 Å². The summed E-state index contributed by atoms with van der Waals surface area (Å²) in [5.41, 5.74) is 0.970. The van der Waals surface area contributed by atoms with Crippen LogP contribution in [0.15, 0.2) is 60.6 Å². The minimum absolute atomic E-state index is 0.0692. The zero-order valence-corrected chi connectivity index (χ0v) is 22.7. The number of carbonyl (C=O) groups excluding carboxylic acids is 3. The largest absolute Gasteiger partial charge is 0.504 e. The number of carbonyl (C=O) groups is 3. The van der Waals surface area contributed by atoms with Gasteiger partial charge in [-0.3, -0.25) is 9.59 Å². The molecule has 0 saturated carbocycles. The van der Waals surface area contributed by atoms with E-state index in [1.54, 1.807) is 12.1 Å². The van der Waals surface area contributed by atoms with E-state index in [4.69, 9.17) is 18.9 Å². The van der Waals surface area contributed by atoms with Crippen molar-refractivity contribution in [1.82, 2.24) is 9.80 Å². The molecule has 4 fully saturated rings. The summed E-state index contributed by atoms with van der Waals surface area (Å²) in [5.74, 6) is -1.26. The number of aromatic hydroxyl groups is 1. The fraction of sp³-hybridized carbons (Fsp3) is 0.296. The Morgan fingerprint density at radius 2 is 1.90 bits per heavy atom. The number of phenolic OH excluding ortho intramolecular Hbond substituents is 1. The van der Waals surface area contributed by atoms with Crippen LogP contribution in [0.4, 0.5) is 0 Å². The van der Waals surface area contributed by atoms with Gasteiger partial charge in [0.2, 0.25) is 4.87 Å². The molecule has 6 aliphatic rings. The molecule has 7 bridgehead atoms. The predicted octanol–water partition coefficient (Wildman–Crippen LogP) is 2.53. The monoisotopic (exact) mass is 582 g/mol. The smallest absolute Gasteiger partial charge is 0.338 e. The fourth-order valence-corrected chi connectivity index (χ4v) is 9.63. The number of fused-ring (bicyclic) bond motifs is 6. The van der Waals surface area contributed by atoms with E-state index in [-0.39, 0.29) is 34.8 Å². The molecule has 2 aromatic carbocycles. The van der Waals surface area contributed by atoms with Gasteiger partial charge in [-0.1, -0.05) is 16.9 Å². The molecule has 40 heavy (non-hydrogen) atoms. The number of benzene rings is 2. The SMILES string of the molecule is COc1ccc2cc1Oc1cc(ccc1O)CC13SSC4(C(=O)N1C)C(O)C1=COC=CC(OC2=O)C1N4C3=O. The molecule has 5 unspecified atom stereocenters. The summed E-state index contributed by atoms with van der Waals surface area (Å²) in [7, 11) is 5.29. The number of aliphatic hydroxyl groups is 1. The zero-order chi connectivity index (χ0) is 28.0. The molecule has 2 amide bonds. The van der Waals surface area contributed by atoms with Crippen LogP contribution in [0, 0.1) is 0 Å². The number of hydrogen-bond donors (Lipinski definition) is 2. The molecular weight excluding hydrogens is 560 g/mol. The Kier molecular flexibility index (Phi) is 5.41. The molecule has 2 spiro atoms. The third-order valence-electron chi connectivity index (χ3n) is 7.87. The topological polar surface area (TPSA) is 135 Å². The number of nitrogens with zero attached hydrogens (tertiary/aromatic N) is 2. The maximum absolute atomic E-state index is 14.5. The second-order valence-corrected chi connectivity index (χ2v) is 12.6. The molecule has 13 heteroatoms. The molecule has 8 rings (SSSR count). The fourth-order valence-electron chi connectivity index (χ4n) is 5.82. The first-order chi connectivity index (χ1) is 19.2. The van der Waals surface area contributed by atoms with Crippen LogP contribution in [-0.2, 0) is 25.5 Å². The number of piperazine rings is 1. The van der Waals surface area contributed by atoms with E-state index in [1.807, 2.05) is 0 Å². The molecule has 0 aliphatic carbocycles. The van der Waals surface area contributed by atoms with Gasteiger partial charge < -0.3 is 39.0 Å². The molecule has 4 saturated heterocycles. The third-order valence-corrected chi connectivity index (χ3v) is 11.5. The molecule has 2 aromatic rings. The second-order valence-electron chi connectivity index (χ2n) is 9.93. The Hall–Kier alpha value is -3.81. The summed E-state index contributed by atoms with van der Waals surface area (Å²) in [6, 6.07) is 8.14. The van der Waals surface area contributed by atoms with E-state index in [1.165, 1.54) is 77.6 Å². The maximum Gasteiger partial charge on any atom is 0.338 e. The van der Waals surface area contributed by atoms with Crippen molar-refractivity contribution in [1.29, 1.82) is 0 Å². The van der Waals surface area contributed by atoms with Crippen LogP contribution in [0.2, 0.25) is 0 Å². The first-order valence-electron chi connectivity index (χ1n) is 12.3. The molecule has 6 heterocycles. The minimum atomic E-state index is -1.67. The number of methoxy groups -OCH3 is 1. The van der Waals surface area contributed by atoms with Crippen molar-refractivity contribution in [3.05, 3.63) is 71.7 Å². The van der Waals surface area contributed by atoms with E-state index >= 15 is 0 Å². The van der Waals surface area contributed by atoms with Crippen LogP contribution in [0.25, 0.3) is 0 Å². The Morgan fingerprint density at radius 3 is 2.70 bits per heavy atom. The van der Waals surface area contributed by atoms with E-state index < -0.39 is 45.8 Å². The van der Waals surface area contributed by atoms with Crippen molar-refractivity contribution >= 4 is 39.4 Å². The summed E-state index contributed by atoms with van der Waals surface area (Å²) >= 11 is 0. The van der Waals surface area contributed by atoms with Gasteiger partial charge in [-0.15, -0.1) is 0 Å². The molecule has 11 nitrogen and oxygen atoms in total. The summed E-state index contributed by atoms with van der Waals surface area (Å²) in [4.78, 5) is 41.6. The normalized spacial score (nSPS) is 31.8. The van der Waals surface area contributed by atoms with Crippen LogP contribution < -0.4 is 9.47 Å². The molecule has 0 radical (unpaired) electrons. The van der Waals surface area contributed by atoms with Crippen LogP contribution in [-0.4, -0.2) is 79.9 Å². The lowest BCUT2D eigenvalue weighted by Gasteiger charge is -2.59. The predicted molar refractivity (Wildman–Crippen MR) is 142 cm³/mol. The van der Waals surface area contributed by atoms with Crippen molar-refractivity contribution in [2.24, 2.45) is 0 Å². The zero-order valence-electron chi connectivity index (χ0n) is 21.1. The Morgan fingerprint density at radius 1 is 1.07 bits per heavy atom. The number of amides is 2. The van der Waals surface area contributed by atoms with Crippen molar-refractivity contribution in [2.45, 2.75) is 34.4 Å². The average molecular weight is 583 g/mol. The summed E-state index contributed by atoms with van der Waals surface area (Å²) in [5, 5.41) is 22.1. The van der Waals surface area contributed by atoms with Gasteiger partial charge in [0.1, 0.15) is 18.2 Å². The molecule has 5 atom stereocenters. The molecule has 0 aromatic heterocycles. The standard InChI is InChI=1S/C27H22N2O9S2/c1-28-25(34)27-22(31)15-12-36-8-7-18-21(15)29(27)24(33)26(28,39-40-27)11-13-3-5-16(30)19(9-13)37-20-10-14(23(32)38-18)4-6-17(20)35-2/h3-10,12,18,21-22,30-31H,11H2,1-2H3. The van der Waals surface area contributed by atoms with Gasteiger partial charge in [0.25, 0.3) is 11.8 Å². The quantitative estimate of drug-likeness (QED) is 0.379. The second kappa shape index (κ2) is 8.59. The van der Waals surface area contributed by atoms with E-state index in [2.05, 4.69) is 0 Å². The van der Waals surface area contributed by atoms with Gasteiger partial charge in [0, 0.05) is 19.0 Å². The van der Waals surface area contributed by atoms with Crippen molar-refractivity contribution in [3.8, 4) is 23.0 Å². The lowest BCUT2D eigenvalue weighted by molar-refractivity contribution is -0.169. The van der Waals surface area contributed by atoms with Gasteiger partial charge in [-0.2, -0.15) is 0 Å². The number of hydrogen-bond acceptors (Lipinski definition) is 11. The van der Waals surface area contributed by atoms with Crippen molar-refractivity contribution in [2.75, 3.05) is 14.2 Å². The highest BCUT2D eigenvalue weighted by Gasteiger charge is 2.77. The molecule has 206 valence electrons. The van der Waals surface area contributed by atoms with Gasteiger partial charge in [-0.05, 0) is 52.8 Å². The average Bonchev–Trinajstić information content (AvgIpc) is 3.05. The summed E-state index contributed by atoms with van der Waals surface area (Å²) in [6.07, 6.45) is 1.68. The van der Waals surface area contributed by atoms with Crippen LogP contribution in [0.3, 0.4) is 0 Å². The Balaban J connectivity index is 1.46. The highest BCUT2D eigenvalue weighted by atomic mass is 33.1. The Labute approximate surface area is 235 Å². The number of rotatable bonds is 1. The van der Waals surface area contributed by atoms with Crippen molar-refractivity contribution < 1.29 is 43.5 Å². The van der Waals surface area contributed by atoms with E-state index in [9.17, 15) is 24.6 Å². The van der Waals surface area contributed by atoms with E-state index in [0.717, 1.165) is 10.8 Å². The molecule has 6 aliphatic heterocycles. The number of aliphatic hydroxyl groups excluding tert-OH is 1. The lowest BCUT2D eigenvalue weighted by Crippen LogP contribution is -2.78. The first-order valence-corrected chi connectivity index (χ1v) is 14.4. The number of ether oxygens (including phenoxy) is 4. The van der Waals surface area contributed by atoms with Crippen LogP contribution >= 0.6 is 21.6 Å². The number of esters is 1. The molecular formula is C27H22N2O9S2. The van der Waals surface area contributed by atoms with Crippen molar-refractivity contribution in [3.63, 3.8) is 0 Å². The van der Waals surface area contributed by atoms with Crippen LogP contribution in [0.5, 0.6) is 23.0 Å². The van der Waals surface area contributed by atoms with Gasteiger partial charge in [-0.25, -0.2) is 4.79 Å². The summed E-state index contributed by atoms with van der Waals surface area (Å²) in [6.45, 7) is 0. The van der Waals surface area contributed by atoms with E-state index in [0.29, 0.717) is 11.3 Å². The van der Waals surface area contributed by atoms with Gasteiger partial charge in [0.05, 0.1) is 25.2 Å². The number of phenols is 1. The number of likely N-dealkylation sites (N-methyl/N-ethyl adjacent to an activating group) is 1. The van der Waals surface area contributed by atoms with Crippen LogP contribution in [0.1, 0.15) is 15.9 Å². The third kappa shape index (κ3) is 3.16. The maximum atomic E-state index is 14.5. The van der Waals surface area contributed by atoms with Gasteiger partial charge >= 0.3 is 5.97 Å². The Bertz CT molecular complexity index is 1560. The summed E-state index contributed by atoms with van der Waals surface area (Å²) < 4.78 is 22.8. The lowest BCUT2D eigenvalue weighted by atomic mass is 9.96.